The highest BCUT2D eigenvalue weighted by Gasteiger charge is 2.19. The average molecular weight is 446 g/mol. The second-order valence-electron chi connectivity index (χ2n) is 7.67. The van der Waals surface area contributed by atoms with E-state index < -0.39 is 10.0 Å². The van der Waals surface area contributed by atoms with E-state index in [4.69, 9.17) is 0 Å². The van der Waals surface area contributed by atoms with Crippen LogP contribution in [0.25, 0.3) is 0 Å². The van der Waals surface area contributed by atoms with Crippen LogP contribution in [0.15, 0.2) is 47.4 Å². The monoisotopic (exact) mass is 445 g/mol. The molecule has 1 heterocycles. The molecular formula is C22H31N5O3S. The van der Waals surface area contributed by atoms with Crippen LogP contribution in [0.4, 0.5) is 22.7 Å². The van der Waals surface area contributed by atoms with Crippen LogP contribution in [0.3, 0.4) is 0 Å². The largest absolute Gasteiger partial charge is 0.384 e. The van der Waals surface area contributed by atoms with Gasteiger partial charge < -0.3 is 20.9 Å². The molecule has 1 fully saturated rings. The van der Waals surface area contributed by atoms with E-state index in [1.807, 2.05) is 31.2 Å². The molecule has 0 bridgehead atoms. The zero-order valence-electron chi connectivity index (χ0n) is 18.3. The molecule has 1 amide bonds. The second-order valence-corrected chi connectivity index (χ2v) is 9.82. The van der Waals surface area contributed by atoms with Crippen molar-refractivity contribution < 1.29 is 13.2 Å². The summed E-state index contributed by atoms with van der Waals surface area (Å²) in [5, 5.41) is 9.12. The highest BCUT2D eigenvalue weighted by Crippen LogP contribution is 2.27. The Morgan fingerprint density at radius 3 is 2.29 bits per heavy atom. The minimum Gasteiger partial charge on any atom is -0.384 e. The lowest BCUT2D eigenvalue weighted by Crippen LogP contribution is -2.24. The highest BCUT2D eigenvalue weighted by molar-refractivity contribution is 7.89. The van der Waals surface area contributed by atoms with E-state index in [9.17, 15) is 13.2 Å². The zero-order chi connectivity index (χ0) is 22.4. The molecule has 0 radical (unpaired) electrons. The molecule has 3 rings (SSSR count). The third kappa shape index (κ3) is 5.68. The molecule has 2 aromatic rings. The highest BCUT2D eigenvalue weighted by atomic mass is 32.2. The van der Waals surface area contributed by atoms with Gasteiger partial charge in [0.2, 0.25) is 15.9 Å². The van der Waals surface area contributed by atoms with Crippen molar-refractivity contribution in [3.63, 3.8) is 0 Å². The first-order valence-electron chi connectivity index (χ1n) is 10.5. The molecule has 1 saturated heterocycles. The predicted molar refractivity (Wildman–Crippen MR) is 126 cm³/mol. The van der Waals surface area contributed by atoms with Crippen LogP contribution in [0.5, 0.6) is 0 Å². The number of nitrogens with zero attached hydrogens (tertiary/aromatic N) is 2. The first-order valence-corrected chi connectivity index (χ1v) is 11.9. The summed E-state index contributed by atoms with van der Waals surface area (Å²) in [6.07, 6.45) is 2.44. The number of amides is 1. The summed E-state index contributed by atoms with van der Waals surface area (Å²) in [6.45, 7) is 4.78. The summed E-state index contributed by atoms with van der Waals surface area (Å²) >= 11 is 0. The van der Waals surface area contributed by atoms with Gasteiger partial charge in [0.25, 0.3) is 0 Å². The van der Waals surface area contributed by atoms with Crippen molar-refractivity contribution in [2.75, 3.05) is 61.1 Å². The lowest BCUT2D eigenvalue weighted by atomic mass is 10.2. The first kappa shape index (κ1) is 22.9. The molecule has 168 valence electrons. The number of anilines is 4. The number of benzene rings is 2. The fraction of sp³-hybridized carbons (Fsp3) is 0.409. The van der Waals surface area contributed by atoms with Crippen molar-refractivity contribution in [3.05, 3.63) is 42.5 Å². The quantitative estimate of drug-likeness (QED) is 0.549. The van der Waals surface area contributed by atoms with Crippen molar-refractivity contribution in [3.8, 4) is 0 Å². The Hall–Kier alpha value is -2.78. The molecule has 31 heavy (non-hydrogen) atoms. The average Bonchev–Trinajstić information content (AvgIpc) is 3.28. The number of sulfonamides is 1. The molecule has 9 heteroatoms. The van der Waals surface area contributed by atoms with Crippen molar-refractivity contribution in [2.24, 2.45) is 0 Å². The molecular weight excluding hydrogens is 414 g/mol. The Labute approximate surface area is 184 Å². The minimum atomic E-state index is -3.57. The Morgan fingerprint density at radius 1 is 1.00 bits per heavy atom. The third-order valence-electron chi connectivity index (χ3n) is 5.20. The van der Waals surface area contributed by atoms with E-state index in [2.05, 4.69) is 20.9 Å². The van der Waals surface area contributed by atoms with Crippen molar-refractivity contribution in [1.29, 1.82) is 0 Å². The van der Waals surface area contributed by atoms with Gasteiger partial charge in [-0.15, -0.1) is 0 Å². The van der Waals surface area contributed by atoms with Gasteiger partial charge in [0.15, 0.2) is 0 Å². The van der Waals surface area contributed by atoms with E-state index in [0.717, 1.165) is 28.8 Å². The molecule has 0 aliphatic carbocycles. The summed E-state index contributed by atoms with van der Waals surface area (Å²) in [5.41, 5.74) is 3.20. The summed E-state index contributed by atoms with van der Waals surface area (Å²) in [5.74, 6) is -0.211. The van der Waals surface area contributed by atoms with E-state index in [-0.39, 0.29) is 17.3 Å². The van der Waals surface area contributed by atoms with Gasteiger partial charge >= 0.3 is 0 Å². The maximum atomic E-state index is 12.5. The molecule has 2 aromatic carbocycles. The number of nitrogens with one attached hydrogen (secondary N) is 3. The second kappa shape index (κ2) is 10.0. The summed E-state index contributed by atoms with van der Waals surface area (Å²) in [6, 6.07) is 12.7. The molecule has 0 unspecified atom stereocenters. The Bertz CT molecular complexity index is 1000. The maximum absolute atomic E-state index is 12.5. The molecule has 3 N–H and O–H groups in total. The number of carbonyl (C=O) groups excluding carboxylic acids is 1. The van der Waals surface area contributed by atoms with E-state index in [1.54, 1.807) is 18.2 Å². The molecule has 1 aliphatic rings. The number of rotatable bonds is 9. The van der Waals surface area contributed by atoms with Crippen LogP contribution in [0, 0.1) is 0 Å². The van der Waals surface area contributed by atoms with Crippen LogP contribution >= 0.6 is 0 Å². The van der Waals surface area contributed by atoms with Crippen LogP contribution < -0.4 is 20.9 Å². The third-order valence-corrected chi connectivity index (χ3v) is 7.01. The van der Waals surface area contributed by atoms with Crippen molar-refractivity contribution >= 4 is 38.7 Å². The molecule has 8 nitrogen and oxygen atoms in total. The van der Waals surface area contributed by atoms with Crippen molar-refractivity contribution in [1.82, 2.24) is 4.31 Å². The van der Waals surface area contributed by atoms with Gasteiger partial charge in [-0.1, -0.05) is 0 Å². The van der Waals surface area contributed by atoms with Crippen molar-refractivity contribution in [2.45, 2.75) is 24.7 Å². The lowest BCUT2D eigenvalue weighted by molar-refractivity contribution is -0.114. The predicted octanol–water partition coefficient (Wildman–Crippen LogP) is 3.02. The zero-order valence-corrected chi connectivity index (χ0v) is 19.1. The lowest BCUT2D eigenvalue weighted by Gasteiger charge is -2.18. The van der Waals surface area contributed by atoms with E-state index in [0.29, 0.717) is 12.2 Å². The Balaban J connectivity index is 1.65. The topological polar surface area (TPSA) is 93.8 Å². The SMILES string of the molecule is CCNc1ccc(S(=O)(=O)N(C)C)cc1NCC(=O)Nc1ccc(N2CCCC2)cc1. The number of hydrogen-bond donors (Lipinski definition) is 3. The normalized spacial score (nSPS) is 14.0. The smallest absolute Gasteiger partial charge is 0.243 e. The van der Waals surface area contributed by atoms with Gasteiger partial charge in [0, 0.05) is 45.1 Å². The fourth-order valence-electron chi connectivity index (χ4n) is 3.50. The Morgan fingerprint density at radius 2 is 1.68 bits per heavy atom. The molecule has 0 atom stereocenters. The van der Waals surface area contributed by atoms with Gasteiger partial charge in [-0.3, -0.25) is 4.79 Å². The van der Waals surface area contributed by atoms with E-state index >= 15 is 0 Å². The van der Waals surface area contributed by atoms with Gasteiger partial charge in [-0.25, -0.2) is 12.7 Å². The summed E-state index contributed by atoms with van der Waals surface area (Å²) in [4.78, 5) is 15.0. The number of carbonyl (C=O) groups is 1. The molecule has 1 aliphatic heterocycles. The van der Waals surface area contributed by atoms with Gasteiger partial charge in [-0.2, -0.15) is 0 Å². The molecule has 0 aromatic heterocycles. The molecule has 0 saturated carbocycles. The van der Waals surface area contributed by atoms with Gasteiger partial charge in [0.05, 0.1) is 22.8 Å². The Kier molecular flexibility index (Phi) is 7.40. The summed E-state index contributed by atoms with van der Waals surface area (Å²) < 4.78 is 26.1. The van der Waals surface area contributed by atoms with Gasteiger partial charge in [0.1, 0.15) is 0 Å². The van der Waals surface area contributed by atoms with Crippen LogP contribution in [-0.2, 0) is 14.8 Å². The van der Waals surface area contributed by atoms with Crippen LogP contribution in [0.1, 0.15) is 19.8 Å². The summed E-state index contributed by atoms with van der Waals surface area (Å²) in [7, 11) is -0.590. The maximum Gasteiger partial charge on any atom is 0.243 e. The van der Waals surface area contributed by atoms with Crippen LogP contribution in [0.2, 0.25) is 0 Å². The standard InChI is InChI=1S/C22H31N5O3S/c1-4-23-20-12-11-19(31(29,30)26(2)3)15-21(20)24-16-22(28)25-17-7-9-18(10-8-17)27-13-5-6-14-27/h7-12,15,23-24H,4-6,13-14,16H2,1-3H3,(H,25,28). The van der Waals surface area contributed by atoms with Gasteiger partial charge in [-0.05, 0) is 62.2 Å². The fourth-order valence-corrected chi connectivity index (χ4v) is 4.43. The first-order chi connectivity index (χ1) is 14.8. The van der Waals surface area contributed by atoms with Crippen LogP contribution in [-0.4, -0.2) is 58.9 Å². The molecule has 0 spiro atoms. The number of hydrogen-bond acceptors (Lipinski definition) is 6. The van der Waals surface area contributed by atoms with E-state index in [1.165, 1.54) is 32.6 Å². The minimum absolute atomic E-state index is 0.0116.